The van der Waals surface area contributed by atoms with Gasteiger partial charge in [-0.25, -0.2) is 0 Å². The molecule has 3 heteroatoms. The van der Waals surface area contributed by atoms with E-state index < -0.39 is 0 Å². The van der Waals surface area contributed by atoms with Gasteiger partial charge in [0, 0.05) is 38.3 Å². The Kier molecular flexibility index (Phi) is 6.70. The molecule has 24 heavy (non-hydrogen) atoms. The lowest BCUT2D eigenvalue weighted by Gasteiger charge is -2.40. The third-order valence-corrected chi connectivity index (χ3v) is 5.74. The summed E-state index contributed by atoms with van der Waals surface area (Å²) in [6.07, 6.45) is 6.70. The van der Waals surface area contributed by atoms with Gasteiger partial charge < -0.3 is 10.2 Å². The van der Waals surface area contributed by atoms with Crippen LogP contribution in [0.2, 0.25) is 0 Å². The fraction of sp³-hybridized carbons (Fsp3) is 0.714. The Morgan fingerprint density at radius 1 is 1.04 bits per heavy atom. The zero-order valence-electron chi connectivity index (χ0n) is 15.6. The first kappa shape index (κ1) is 17.9. The van der Waals surface area contributed by atoms with E-state index in [1.54, 1.807) is 0 Å². The normalized spacial score (nSPS) is 25.3. The summed E-state index contributed by atoms with van der Waals surface area (Å²) < 4.78 is 0. The van der Waals surface area contributed by atoms with Gasteiger partial charge in [0.15, 0.2) is 0 Å². The molecule has 3 nitrogen and oxygen atoms in total. The first-order valence-electron chi connectivity index (χ1n) is 10.0. The van der Waals surface area contributed by atoms with Crippen molar-refractivity contribution in [3.63, 3.8) is 0 Å². The summed E-state index contributed by atoms with van der Waals surface area (Å²) in [5.74, 6) is 0. The molecule has 2 fully saturated rings. The summed E-state index contributed by atoms with van der Waals surface area (Å²) in [5.41, 5.74) is 2.95. The minimum atomic E-state index is 0.540. The Bertz CT molecular complexity index is 476. The van der Waals surface area contributed by atoms with Crippen molar-refractivity contribution in [1.29, 1.82) is 0 Å². The average molecular weight is 330 g/mol. The Morgan fingerprint density at radius 3 is 2.38 bits per heavy atom. The minimum absolute atomic E-state index is 0.540. The van der Waals surface area contributed by atoms with E-state index in [1.807, 2.05) is 0 Å². The van der Waals surface area contributed by atoms with Crippen molar-refractivity contribution < 1.29 is 0 Å². The number of piperazine rings is 1. The van der Waals surface area contributed by atoms with Crippen molar-refractivity contribution in [3.8, 4) is 0 Å². The van der Waals surface area contributed by atoms with Crippen molar-refractivity contribution in [3.05, 3.63) is 35.4 Å². The summed E-state index contributed by atoms with van der Waals surface area (Å²) in [5, 5.41) is 3.59. The number of nitrogens with one attached hydrogen (secondary N) is 1. The molecule has 2 heterocycles. The van der Waals surface area contributed by atoms with Crippen LogP contribution in [0.4, 0.5) is 0 Å². The molecule has 1 aromatic rings. The monoisotopic (exact) mass is 329 g/mol. The zero-order chi connectivity index (χ0) is 16.8. The summed E-state index contributed by atoms with van der Waals surface area (Å²) in [6, 6.07) is 10.6. The number of rotatable bonds is 5. The lowest BCUT2D eigenvalue weighted by molar-refractivity contribution is 0.110. The van der Waals surface area contributed by atoms with Crippen LogP contribution in [0.5, 0.6) is 0 Å². The van der Waals surface area contributed by atoms with Gasteiger partial charge in [-0.2, -0.15) is 0 Å². The third-order valence-electron chi connectivity index (χ3n) is 5.74. The molecule has 2 atom stereocenters. The van der Waals surface area contributed by atoms with E-state index in [-0.39, 0.29) is 0 Å². The topological polar surface area (TPSA) is 18.5 Å². The second-order valence-electron chi connectivity index (χ2n) is 7.68. The van der Waals surface area contributed by atoms with E-state index in [9.17, 15) is 0 Å². The number of nitrogens with zero attached hydrogens (tertiary/aromatic N) is 2. The predicted molar refractivity (Wildman–Crippen MR) is 103 cm³/mol. The molecule has 0 bridgehead atoms. The van der Waals surface area contributed by atoms with Crippen LogP contribution in [0, 0.1) is 0 Å². The number of hydrogen-bond donors (Lipinski definition) is 1. The smallest absolute Gasteiger partial charge is 0.0476 e. The number of likely N-dealkylation sites (tertiary alicyclic amines) is 1. The molecule has 2 saturated heterocycles. The molecule has 2 unspecified atom stereocenters. The van der Waals surface area contributed by atoms with Crippen LogP contribution < -0.4 is 5.32 Å². The van der Waals surface area contributed by atoms with Crippen LogP contribution in [0.15, 0.2) is 24.3 Å². The van der Waals surface area contributed by atoms with Gasteiger partial charge in [-0.05, 0) is 50.4 Å². The Morgan fingerprint density at radius 2 is 1.75 bits per heavy atom. The molecule has 0 aromatic heterocycles. The summed E-state index contributed by atoms with van der Waals surface area (Å²) in [4.78, 5) is 5.44. The lowest BCUT2D eigenvalue weighted by atomic mass is 10.0. The van der Waals surface area contributed by atoms with E-state index in [0.717, 1.165) is 19.5 Å². The van der Waals surface area contributed by atoms with Crippen molar-refractivity contribution in [2.45, 2.75) is 58.0 Å². The number of aryl methyl sites for hydroxylation is 1. The van der Waals surface area contributed by atoms with E-state index in [4.69, 9.17) is 0 Å². The number of hydrogen-bond acceptors (Lipinski definition) is 3. The maximum absolute atomic E-state index is 3.59. The fourth-order valence-corrected chi connectivity index (χ4v) is 4.22. The van der Waals surface area contributed by atoms with Gasteiger partial charge in [0.05, 0.1) is 0 Å². The molecule has 0 amide bonds. The molecule has 0 spiro atoms. The zero-order valence-corrected chi connectivity index (χ0v) is 15.6. The highest BCUT2D eigenvalue weighted by atomic mass is 15.3. The van der Waals surface area contributed by atoms with E-state index in [1.165, 1.54) is 63.0 Å². The first-order chi connectivity index (χ1) is 11.8. The van der Waals surface area contributed by atoms with E-state index in [0.29, 0.717) is 12.1 Å². The predicted octanol–water partition coefficient (Wildman–Crippen LogP) is 3.46. The van der Waals surface area contributed by atoms with Crippen LogP contribution >= 0.6 is 0 Å². The second-order valence-corrected chi connectivity index (χ2v) is 7.68. The van der Waals surface area contributed by atoms with Gasteiger partial charge in [-0.1, -0.05) is 44.0 Å². The molecule has 3 rings (SSSR count). The van der Waals surface area contributed by atoms with Gasteiger partial charge in [-0.15, -0.1) is 0 Å². The lowest BCUT2D eigenvalue weighted by Crippen LogP contribution is -2.52. The van der Waals surface area contributed by atoms with Gasteiger partial charge >= 0.3 is 0 Å². The Hall–Kier alpha value is -0.900. The van der Waals surface area contributed by atoms with Gasteiger partial charge in [0.25, 0.3) is 0 Å². The molecule has 0 saturated carbocycles. The molecule has 0 radical (unpaired) electrons. The minimum Gasteiger partial charge on any atom is -0.312 e. The molecular formula is C21H35N3. The molecule has 0 aliphatic carbocycles. The van der Waals surface area contributed by atoms with Crippen molar-refractivity contribution in [1.82, 2.24) is 15.1 Å². The highest BCUT2D eigenvalue weighted by Gasteiger charge is 2.27. The summed E-state index contributed by atoms with van der Waals surface area (Å²) in [7, 11) is 0. The fourth-order valence-electron chi connectivity index (χ4n) is 4.22. The van der Waals surface area contributed by atoms with Crippen molar-refractivity contribution in [2.24, 2.45) is 0 Å². The quantitative estimate of drug-likeness (QED) is 0.892. The summed E-state index contributed by atoms with van der Waals surface area (Å²) >= 11 is 0. The highest BCUT2D eigenvalue weighted by Crippen LogP contribution is 2.25. The van der Waals surface area contributed by atoms with E-state index in [2.05, 4.69) is 53.2 Å². The van der Waals surface area contributed by atoms with Gasteiger partial charge in [0.2, 0.25) is 0 Å². The van der Waals surface area contributed by atoms with Crippen LogP contribution in [-0.2, 0) is 6.42 Å². The maximum atomic E-state index is 3.59. The standard InChI is InChI=1S/C21H35N3/c1-3-19-8-10-20(11-9-19)21(24-15-12-22-18(2)16-24)17-23-13-6-4-5-7-14-23/h8-11,18,21-22H,3-7,12-17H2,1-2H3. The van der Waals surface area contributed by atoms with Crippen LogP contribution in [0.1, 0.15) is 56.7 Å². The third kappa shape index (κ3) is 4.81. The SMILES string of the molecule is CCc1ccc(C(CN2CCCCCC2)N2CCNC(C)C2)cc1. The molecule has 2 aliphatic rings. The Labute approximate surface area is 148 Å². The van der Waals surface area contributed by atoms with Gasteiger partial charge in [0.1, 0.15) is 0 Å². The van der Waals surface area contributed by atoms with Crippen LogP contribution in [-0.4, -0.2) is 55.1 Å². The molecule has 1 aromatic carbocycles. The van der Waals surface area contributed by atoms with E-state index >= 15 is 0 Å². The second kappa shape index (κ2) is 8.98. The largest absolute Gasteiger partial charge is 0.312 e. The van der Waals surface area contributed by atoms with Crippen LogP contribution in [0.3, 0.4) is 0 Å². The molecule has 1 N–H and O–H groups in total. The molecule has 134 valence electrons. The molecule has 2 aliphatic heterocycles. The maximum Gasteiger partial charge on any atom is 0.0476 e. The average Bonchev–Trinajstić information content (AvgIpc) is 2.88. The number of benzene rings is 1. The first-order valence-corrected chi connectivity index (χ1v) is 10.0. The van der Waals surface area contributed by atoms with Gasteiger partial charge in [-0.3, -0.25) is 4.90 Å². The van der Waals surface area contributed by atoms with Crippen molar-refractivity contribution in [2.75, 3.05) is 39.3 Å². The molecular weight excluding hydrogens is 294 g/mol. The Balaban J connectivity index is 1.76. The van der Waals surface area contributed by atoms with Crippen molar-refractivity contribution >= 4 is 0 Å². The highest BCUT2D eigenvalue weighted by molar-refractivity contribution is 5.25. The summed E-state index contributed by atoms with van der Waals surface area (Å²) in [6.45, 7) is 11.8. The van der Waals surface area contributed by atoms with Crippen LogP contribution in [0.25, 0.3) is 0 Å².